The van der Waals surface area contributed by atoms with Crippen LogP contribution in [0.4, 0.5) is 5.69 Å². The van der Waals surface area contributed by atoms with Crippen molar-refractivity contribution in [2.45, 2.75) is 52.0 Å². The SMILES string of the molecule is CCN1/C(=C/C2=CC(=C/c3sc4ccc5occc5c4[n+]3CC)/CC(C)(C)C2)Sc2ccccc21. The van der Waals surface area contributed by atoms with E-state index in [0.717, 1.165) is 31.5 Å². The summed E-state index contributed by atoms with van der Waals surface area (Å²) in [6, 6.07) is 15.1. The van der Waals surface area contributed by atoms with Crippen LogP contribution in [0.15, 0.2) is 86.4 Å². The zero-order valence-electron chi connectivity index (χ0n) is 20.8. The second-order valence-electron chi connectivity index (χ2n) is 10.2. The Balaban J connectivity index is 1.42. The van der Waals surface area contributed by atoms with Gasteiger partial charge in [0.05, 0.1) is 22.4 Å². The lowest BCUT2D eigenvalue weighted by atomic mass is 9.75. The van der Waals surface area contributed by atoms with Crippen molar-refractivity contribution in [2.75, 3.05) is 11.4 Å². The summed E-state index contributed by atoms with van der Waals surface area (Å²) in [5.41, 5.74) is 6.63. The molecule has 1 aliphatic carbocycles. The number of thiazole rings is 1. The van der Waals surface area contributed by atoms with Crippen molar-refractivity contribution in [3.05, 3.63) is 82.1 Å². The fourth-order valence-electron chi connectivity index (χ4n) is 5.57. The third-order valence-electron chi connectivity index (χ3n) is 6.94. The van der Waals surface area contributed by atoms with Gasteiger partial charge in [0, 0.05) is 17.5 Å². The van der Waals surface area contributed by atoms with Crippen LogP contribution in [0.3, 0.4) is 0 Å². The number of anilines is 1. The molecule has 0 amide bonds. The molecule has 0 bridgehead atoms. The quantitative estimate of drug-likeness (QED) is 0.262. The Kier molecular flexibility index (Phi) is 5.65. The van der Waals surface area contributed by atoms with E-state index in [-0.39, 0.29) is 5.41 Å². The molecular weight excluding hydrogens is 468 g/mol. The Hall–Kier alpha value is -2.76. The lowest BCUT2D eigenvalue weighted by Crippen LogP contribution is -2.33. The number of allylic oxidation sites excluding steroid dienone is 4. The number of furan rings is 1. The fraction of sp³-hybridized carbons (Fsp3) is 0.300. The third-order valence-corrected chi connectivity index (χ3v) is 9.15. The number of para-hydroxylation sites is 1. The predicted octanol–water partition coefficient (Wildman–Crippen LogP) is 8.56. The first-order chi connectivity index (χ1) is 17.0. The molecule has 0 fully saturated rings. The number of nitrogens with zero attached hydrogens (tertiary/aromatic N) is 2. The Morgan fingerprint density at radius 1 is 1.06 bits per heavy atom. The van der Waals surface area contributed by atoms with Crippen LogP contribution in [0.2, 0.25) is 0 Å². The Morgan fingerprint density at radius 2 is 1.91 bits per heavy atom. The zero-order chi connectivity index (χ0) is 24.2. The maximum Gasteiger partial charge on any atom is 0.263 e. The average Bonchev–Trinajstić information content (AvgIpc) is 3.51. The minimum atomic E-state index is 0.228. The third kappa shape index (κ3) is 4.05. The molecule has 1 aliphatic heterocycles. The highest BCUT2D eigenvalue weighted by Gasteiger charge is 2.29. The second-order valence-corrected chi connectivity index (χ2v) is 12.3. The highest BCUT2D eigenvalue weighted by Crippen LogP contribution is 2.47. The smallest absolute Gasteiger partial charge is 0.263 e. The molecule has 0 N–H and O–H groups in total. The van der Waals surface area contributed by atoms with E-state index < -0.39 is 0 Å². The molecule has 2 aromatic carbocycles. The van der Waals surface area contributed by atoms with Crippen LogP contribution in [0.1, 0.15) is 45.5 Å². The monoisotopic (exact) mass is 499 g/mol. The van der Waals surface area contributed by atoms with Gasteiger partial charge in [-0.05, 0) is 79.7 Å². The lowest BCUT2D eigenvalue weighted by Gasteiger charge is -2.31. The predicted molar refractivity (Wildman–Crippen MR) is 150 cm³/mol. The molecule has 0 radical (unpaired) electrons. The van der Waals surface area contributed by atoms with Gasteiger partial charge in [-0.1, -0.05) is 55.2 Å². The molecule has 6 rings (SSSR count). The molecule has 5 heteroatoms. The molecule has 2 aliphatic rings. The van der Waals surface area contributed by atoms with Gasteiger partial charge in [0.2, 0.25) is 5.52 Å². The van der Waals surface area contributed by atoms with Crippen LogP contribution in [-0.2, 0) is 6.54 Å². The van der Waals surface area contributed by atoms with Gasteiger partial charge in [0.15, 0.2) is 0 Å². The van der Waals surface area contributed by atoms with Gasteiger partial charge in [-0.15, -0.1) is 0 Å². The van der Waals surface area contributed by atoms with Crippen LogP contribution in [-0.4, -0.2) is 6.54 Å². The van der Waals surface area contributed by atoms with Gasteiger partial charge >= 0.3 is 0 Å². The van der Waals surface area contributed by atoms with Crippen LogP contribution in [0.5, 0.6) is 0 Å². The van der Waals surface area contributed by atoms with Gasteiger partial charge in [0.1, 0.15) is 16.8 Å². The Bertz CT molecular complexity index is 1530. The van der Waals surface area contributed by atoms with Crippen molar-refractivity contribution >= 4 is 56.0 Å². The number of rotatable bonds is 4. The van der Waals surface area contributed by atoms with Crippen molar-refractivity contribution in [2.24, 2.45) is 5.41 Å². The first-order valence-corrected chi connectivity index (χ1v) is 14.1. The second kappa shape index (κ2) is 8.72. The zero-order valence-corrected chi connectivity index (χ0v) is 22.4. The van der Waals surface area contributed by atoms with Crippen LogP contribution >= 0.6 is 23.1 Å². The number of fused-ring (bicyclic) bond motifs is 4. The average molecular weight is 500 g/mol. The van der Waals surface area contributed by atoms with Gasteiger partial charge in [0.25, 0.3) is 5.01 Å². The minimum absolute atomic E-state index is 0.228. The molecule has 2 aromatic heterocycles. The van der Waals surface area contributed by atoms with Crippen molar-refractivity contribution in [1.82, 2.24) is 0 Å². The molecule has 0 saturated carbocycles. The van der Waals surface area contributed by atoms with E-state index >= 15 is 0 Å². The van der Waals surface area contributed by atoms with Crippen molar-refractivity contribution in [3.8, 4) is 0 Å². The fourth-order valence-corrected chi connectivity index (χ4v) is 7.99. The van der Waals surface area contributed by atoms with Gasteiger partial charge in [-0.3, -0.25) is 0 Å². The first kappa shape index (κ1) is 22.7. The highest BCUT2D eigenvalue weighted by atomic mass is 32.2. The Morgan fingerprint density at radius 3 is 2.74 bits per heavy atom. The molecule has 3 heterocycles. The van der Waals surface area contributed by atoms with Crippen LogP contribution < -0.4 is 9.47 Å². The summed E-state index contributed by atoms with van der Waals surface area (Å²) in [6.07, 6.45) is 11.3. The number of hydrogen-bond acceptors (Lipinski definition) is 4. The van der Waals surface area contributed by atoms with E-state index in [2.05, 4.69) is 97.9 Å². The molecule has 4 aromatic rings. The summed E-state index contributed by atoms with van der Waals surface area (Å²) in [5.74, 6) is 0. The summed E-state index contributed by atoms with van der Waals surface area (Å²) in [5, 5.41) is 3.85. The molecule has 35 heavy (non-hydrogen) atoms. The number of aryl methyl sites for hydroxylation is 1. The van der Waals surface area contributed by atoms with Crippen molar-refractivity contribution in [3.63, 3.8) is 0 Å². The summed E-state index contributed by atoms with van der Waals surface area (Å²) >= 11 is 3.77. The highest BCUT2D eigenvalue weighted by molar-refractivity contribution is 8.03. The van der Waals surface area contributed by atoms with E-state index in [9.17, 15) is 0 Å². The first-order valence-electron chi connectivity index (χ1n) is 12.5. The standard InChI is InChI=1S/C30H31N2OS2/c1-5-31-23-9-7-8-10-25(23)34-27(31)16-20-15-21(19-30(3,4)18-20)17-28-32(6-2)29-22-13-14-33-24(22)11-12-26(29)35-28/h7-17H,5-6,18-19H2,1-4H3/q+1. The lowest BCUT2D eigenvalue weighted by molar-refractivity contribution is -0.664. The molecule has 0 unspecified atom stereocenters. The van der Waals surface area contributed by atoms with Crippen molar-refractivity contribution < 1.29 is 8.98 Å². The topological polar surface area (TPSA) is 20.3 Å². The number of hydrogen-bond donors (Lipinski definition) is 0. The van der Waals surface area contributed by atoms with Gasteiger partial charge < -0.3 is 9.32 Å². The number of benzene rings is 2. The normalized spacial score (nSPS) is 19.8. The largest absolute Gasteiger partial charge is 0.464 e. The number of aromatic nitrogens is 1. The van der Waals surface area contributed by atoms with Crippen molar-refractivity contribution in [1.29, 1.82) is 0 Å². The van der Waals surface area contributed by atoms with E-state index in [1.165, 1.54) is 47.4 Å². The summed E-state index contributed by atoms with van der Waals surface area (Å²) in [6.45, 7) is 11.2. The van der Waals surface area contributed by atoms with Crippen LogP contribution in [0, 0.1) is 5.41 Å². The van der Waals surface area contributed by atoms with E-state index in [4.69, 9.17) is 4.42 Å². The summed E-state index contributed by atoms with van der Waals surface area (Å²) < 4.78 is 9.44. The van der Waals surface area contributed by atoms with Gasteiger partial charge in [-0.2, -0.15) is 4.57 Å². The molecule has 0 saturated heterocycles. The summed E-state index contributed by atoms with van der Waals surface area (Å²) in [7, 11) is 0. The maximum atomic E-state index is 5.68. The Labute approximate surface area is 215 Å². The molecule has 0 atom stereocenters. The molecule has 0 spiro atoms. The van der Waals surface area contributed by atoms with Gasteiger partial charge in [-0.25, -0.2) is 0 Å². The van der Waals surface area contributed by atoms with E-state index in [0.29, 0.717) is 0 Å². The maximum absolute atomic E-state index is 5.68. The van der Waals surface area contributed by atoms with E-state index in [1.807, 2.05) is 23.1 Å². The van der Waals surface area contributed by atoms with Crippen LogP contribution in [0.25, 0.3) is 27.3 Å². The molecule has 178 valence electrons. The summed E-state index contributed by atoms with van der Waals surface area (Å²) in [4.78, 5) is 3.80. The molecular formula is C30H31N2OS2+. The number of thioether (sulfide) groups is 1. The minimum Gasteiger partial charge on any atom is -0.464 e. The molecule has 3 nitrogen and oxygen atoms in total. The van der Waals surface area contributed by atoms with E-state index in [1.54, 1.807) is 6.26 Å².